The maximum Gasteiger partial charge on any atom is 0.161 e. The van der Waals surface area contributed by atoms with Gasteiger partial charge in [0.05, 0.1) is 6.10 Å². The third-order valence-electron chi connectivity index (χ3n) is 9.15. The summed E-state index contributed by atoms with van der Waals surface area (Å²) in [6.45, 7) is 5.82. The standard InChI is InChI=1S/C21H32O4/c1-12(22)21(25)9-7-16-15-5-4-13-10-14(23)6-8-19(13,2)18(15)17(24)11-20(16,21)3/h13,15-18,24-25H,4-11H2,1-3H3/t13-,15+,16+,17-,18-,19+,20+,21+/m1/s1. The summed E-state index contributed by atoms with van der Waals surface area (Å²) in [6.07, 6.45) is 5.67. The molecule has 0 spiro atoms. The van der Waals surface area contributed by atoms with E-state index in [4.69, 9.17) is 0 Å². The first-order valence-corrected chi connectivity index (χ1v) is 10.1. The number of aliphatic hydroxyl groups is 2. The highest BCUT2D eigenvalue weighted by molar-refractivity contribution is 5.86. The quantitative estimate of drug-likeness (QED) is 0.764. The number of aliphatic hydroxyl groups excluding tert-OH is 1. The molecule has 4 nitrogen and oxygen atoms in total. The van der Waals surface area contributed by atoms with E-state index in [2.05, 4.69) is 6.92 Å². The molecule has 4 aliphatic rings. The lowest BCUT2D eigenvalue weighted by atomic mass is 9.43. The third kappa shape index (κ3) is 2.13. The number of hydrogen-bond acceptors (Lipinski definition) is 4. The normalized spacial score (nSPS) is 55.2. The van der Waals surface area contributed by atoms with Crippen molar-refractivity contribution in [1.29, 1.82) is 0 Å². The maximum atomic E-state index is 12.3. The van der Waals surface area contributed by atoms with Crippen LogP contribution in [0.3, 0.4) is 0 Å². The van der Waals surface area contributed by atoms with Gasteiger partial charge in [-0.3, -0.25) is 9.59 Å². The molecule has 140 valence electrons. The van der Waals surface area contributed by atoms with Crippen LogP contribution in [-0.2, 0) is 9.59 Å². The number of carbonyl (C=O) groups is 2. The lowest BCUT2D eigenvalue weighted by Gasteiger charge is -2.62. The number of hydrogen-bond donors (Lipinski definition) is 2. The SMILES string of the molecule is CC(=O)[C@@]1(O)CC[C@H]2[C@@H]3CC[C@@H]4CC(=O)CC[C@]4(C)[C@H]3[C@H](O)C[C@@]21C. The van der Waals surface area contributed by atoms with Gasteiger partial charge < -0.3 is 10.2 Å². The van der Waals surface area contributed by atoms with Crippen LogP contribution in [0.15, 0.2) is 0 Å². The molecule has 0 aromatic heterocycles. The van der Waals surface area contributed by atoms with Gasteiger partial charge in [0, 0.05) is 18.3 Å². The van der Waals surface area contributed by atoms with E-state index < -0.39 is 17.1 Å². The van der Waals surface area contributed by atoms with Crippen LogP contribution in [0.2, 0.25) is 0 Å². The Morgan fingerprint density at radius 1 is 1.16 bits per heavy atom. The molecule has 0 saturated heterocycles. The first-order chi connectivity index (χ1) is 11.6. The van der Waals surface area contributed by atoms with Crippen molar-refractivity contribution in [1.82, 2.24) is 0 Å². The Kier molecular flexibility index (Phi) is 3.81. The molecule has 0 aromatic carbocycles. The van der Waals surface area contributed by atoms with Gasteiger partial charge in [0.25, 0.3) is 0 Å². The summed E-state index contributed by atoms with van der Waals surface area (Å²) in [5, 5.41) is 22.4. The highest BCUT2D eigenvalue weighted by Gasteiger charge is 2.68. The summed E-state index contributed by atoms with van der Waals surface area (Å²) in [5.41, 5.74) is -1.79. The van der Waals surface area contributed by atoms with Crippen LogP contribution >= 0.6 is 0 Å². The van der Waals surface area contributed by atoms with Crippen molar-refractivity contribution in [2.45, 2.75) is 83.8 Å². The fraction of sp³-hybridized carbons (Fsp3) is 0.905. The maximum absolute atomic E-state index is 12.3. The van der Waals surface area contributed by atoms with E-state index in [-0.39, 0.29) is 17.1 Å². The predicted octanol–water partition coefficient (Wildman–Crippen LogP) is 2.89. The lowest BCUT2D eigenvalue weighted by molar-refractivity contribution is -0.197. The van der Waals surface area contributed by atoms with Gasteiger partial charge in [0.15, 0.2) is 5.78 Å². The third-order valence-corrected chi connectivity index (χ3v) is 9.15. The average Bonchev–Trinajstić information content (AvgIpc) is 2.80. The van der Waals surface area contributed by atoms with E-state index in [1.807, 2.05) is 6.92 Å². The molecular weight excluding hydrogens is 316 g/mol. The summed E-state index contributed by atoms with van der Waals surface area (Å²) in [4.78, 5) is 24.2. The molecule has 4 aliphatic carbocycles. The summed E-state index contributed by atoms with van der Waals surface area (Å²) in [7, 11) is 0. The van der Waals surface area contributed by atoms with Crippen molar-refractivity contribution < 1.29 is 19.8 Å². The van der Waals surface area contributed by atoms with Crippen LogP contribution in [0.1, 0.15) is 72.1 Å². The van der Waals surface area contributed by atoms with Gasteiger partial charge in [-0.1, -0.05) is 13.8 Å². The van der Waals surface area contributed by atoms with E-state index in [0.29, 0.717) is 49.2 Å². The lowest BCUT2D eigenvalue weighted by Crippen LogP contribution is -2.62. The number of Topliss-reactive ketones (excluding diaryl/α,β-unsaturated/α-hetero) is 2. The van der Waals surface area contributed by atoms with Gasteiger partial charge in [-0.05, 0) is 74.5 Å². The first-order valence-electron chi connectivity index (χ1n) is 10.1. The van der Waals surface area contributed by atoms with Gasteiger partial charge in [0.2, 0.25) is 0 Å². The van der Waals surface area contributed by atoms with Gasteiger partial charge in [-0.2, -0.15) is 0 Å². The number of fused-ring (bicyclic) bond motifs is 5. The summed E-state index contributed by atoms with van der Waals surface area (Å²) in [6, 6.07) is 0. The Labute approximate surface area is 150 Å². The minimum absolute atomic E-state index is 0.0223. The van der Waals surface area contributed by atoms with Crippen molar-refractivity contribution in [3.63, 3.8) is 0 Å². The summed E-state index contributed by atoms with van der Waals surface area (Å²) < 4.78 is 0. The zero-order valence-corrected chi connectivity index (χ0v) is 15.8. The van der Waals surface area contributed by atoms with Gasteiger partial charge in [0.1, 0.15) is 11.4 Å². The average molecular weight is 348 g/mol. The molecule has 0 unspecified atom stereocenters. The Balaban J connectivity index is 1.71. The van der Waals surface area contributed by atoms with Crippen LogP contribution in [-0.4, -0.2) is 33.5 Å². The minimum atomic E-state index is -1.29. The molecule has 4 heteroatoms. The Morgan fingerprint density at radius 3 is 2.56 bits per heavy atom. The van der Waals surface area contributed by atoms with E-state index in [1.165, 1.54) is 6.92 Å². The minimum Gasteiger partial charge on any atom is -0.393 e. The Bertz CT molecular complexity index is 615. The largest absolute Gasteiger partial charge is 0.393 e. The van der Waals surface area contributed by atoms with E-state index in [1.54, 1.807) is 0 Å². The van der Waals surface area contributed by atoms with E-state index in [0.717, 1.165) is 25.7 Å². The fourth-order valence-corrected chi connectivity index (χ4v) is 7.75. The van der Waals surface area contributed by atoms with Crippen molar-refractivity contribution in [3.8, 4) is 0 Å². The van der Waals surface area contributed by atoms with Crippen LogP contribution in [0, 0.1) is 34.5 Å². The molecule has 4 rings (SSSR count). The number of ketones is 2. The smallest absolute Gasteiger partial charge is 0.161 e. The van der Waals surface area contributed by atoms with Crippen molar-refractivity contribution in [2.75, 3.05) is 0 Å². The first kappa shape index (κ1) is 17.7. The van der Waals surface area contributed by atoms with Crippen LogP contribution in [0.5, 0.6) is 0 Å². The van der Waals surface area contributed by atoms with Crippen LogP contribution < -0.4 is 0 Å². The molecular formula is C21H32O4. The van der Waals surface area contributed by atoms with E-state index in [9.17, 15) is 19.8 Å². The highest BCUT2D eigenvalue weighted by atomic mass is 16.3. The molecule has 0 amide bonds. The second kappa shape index (κ2) is 5.39. The molecule has 4 fully saturated rings. The van der Waals surface area contributed by atoms with Crippen molar-refractivity contribution in [2.24, 2.45) is 34.5 Å². The van der Waals surface area contributed by atoms with E-state index >= 15 is 0 Å². The summed E-state index contributed by atoms with van der Waals surface area (Å²) in [5.74, 6) is 1.48. The molecule has 0 aromatic rings. The van der Waals surface area contributed by atoms with Gasteiger partial charge in [-0.25, -0.2) is 0 Å². The van der Waals surface area contributed by atoms with Crippen molar-refractivity contribution in [3.05, 3.63) is 0 Å². The monoisotopic (exact) mass is 348 g/mol. The molecule has 2 N–H and O–H groups in total. The Hall–Kier alpha value is -0.740. The van der Waals surface area contributed by atoms with Crippen molar-refractivity contribution >= 4 is 11.6 Å². The zero-order valence-electron chi connectivity index (χ0n) is 15.8. The second-order valence-corrected chi connectivity index (χ2v) is 9.96. The van der Waals surface area contributed by atoms with Crippen LogP contribution in [0.25, 0.3) is 0 Å². The predicted molar refractivity (Wildman–Crippen MR) is 93.8 cm³/mol. The second-order valence-electron chi connectivity index (χ2n) is 9.96. The zero-order chi connectivity index (χ0) is 18.2. The van der Waals surface area contributed by atoms with Gasteiger partial charge >= 0.3 is 0 Å². The Morgan fingerprint density at radius 2 is 1.88 bits per heavy atom. The van der Waals surface area contributed by atoms with Gasteiger partial charge in [-0.15, -0.1) is 0 Å². The molecule has 8 atom stereocenters. The summed E-state index contributed by atoms with van der Waals surface area (Å²) >= 11 is 0. The van der Waals surface area contributed by atoms with Crippen LogP contribution in [0.4, 0.5) is 0 Å². The highest BCUT2D eigenvalue weighted by Crippen LogP contribution is 2.68. The molecule has 0 aliphatic heterocycles. The fourth-order valence-electron chi connectivity index (χ4n) is 7.75. The molecule has 4 saturated carbocycles. The molecule has 0 radical (unpaired) electrons. The number of rotatable bonds is 1. The molecule has 25 heavy (non-hydrogen) atoms. The number of carbonyl (C=O) groups excluding carboxylic acids is 2. The topological polar surface area (TPSA) is 74.6 Å². The molecule has 0 bridgehead atoms. The molecule has 0 heterocycles.